The van der Waals surface area contributed by atoms with E-state index in [1.54, 1.807) is 16.9 Å². The van der Waals surface area contributed by atoms with Crippen molar-refractivity contribution < 1.29 is 0 Å². The quantitative estimate of drug-likeness (QED) is 0.550. The molecule has 0 aliphatic rings. The predicted molar refractivity (Wildman–Crippen MR) is 114 cm³/mol. The number of anilines is 2. The van der Waals surface area contributed by atoms with E-state index in [1.165, 1.54) is 5.56 Å². The Balaban J connectivity index is 1.64. The van der Waals surface area contributed by atoms with Crippen LogP contribution in [0.2, 0.25) is 10.0 Å². The molecule has 134 valence electrons. The van der Waals surface area contributed by atoms with Crippen LogP contribution in [0.3, 0.4) is 0 Å². The fraction of sp³-hybridized carbons (Fsp3) is 0.158. The zero-order chi connectivity index (χ0) is 18.7. The molecule has 4 nitrogen and oxygen atoms in total. The molecule has 0 aliphatic carbocycles. The van der Waals surface area contributed by atoms with Crippen molar-refractivity contribution in [3.05, 3.63) is 75.5 Å². The lowest BCUT2D eigenvalue weighted by molar-refractivity contribution is 0.687. The lowest BCUT2D eigenvalue weighted by Gasteiger charge is -2.12. The van der Waals surface area contributed by atoms with Crippen molar-refractivity contribution in [2.45, 2.75) is 20.4 Å². The Bertz CT molecular complexity index is 952. The van der Waals surface area contributed by atoms with Crippen LogP contribution >= 0.6 is 35.4 Å². The smallest absolute Gasteiger partial charge is 0.175 e. The van der Waals surface area contributed by atoms with E-state index in [4.69, 9.17) is 35.4 Å². The minimum Gasteiger partial charge on any atom is -0.332 e. The Labute approximate surface area is 168 Å². The fourth-order valence-electron chi connectivity index (χ4n) is 2.49. The first-order valence-corrected chi connectivity index (χ1v) is 9.19. The molecule has 0 radical (unpaired) electrons. The number of hydrogen-bond acceptors (Lipinski definition) is 2. The number of hydrogen-bond donors (Lipinski definition) is 2. The molecule has 0 amide bonds. The second-order valence-corrected chi connectivity index (χ2v) is 7.31. The van der Waals surface area contributed by atoms with Crippen LogP contribution in [0.25, 0.3) is 0 Å². The molecule has 0 saturated carbocycles. The Morgan fingerprint density at radius 1 is 1.12 bits per heavy atom. The lowest BCUT2D eigenvalue weighted by atomic mass is 10.1. The number of aromatic nitrogens is 2. The summed E-state index contributed by atoms with van der Waals surface area (Å²) in [7, 11) is 0. The lowest BCUT2D eigenvalue weighted by Crippen LogP contribution is -2.19. The van der Waals surface area contributed by atoms with Gasteiger partial charge < -0.3 is 10.6 Å². The minimum absolute atomic E-state index is 0.516. The van der Waals surface area contributed by atoms with Crippen LogP contribution in [0.4, 0.5) is 11.4 Å². The van der Waals surface area contributed by atoms with E-state index in [0.717, 1.165) is 22.5 Å². The van der Waals surface area contributed by atoms with E-state index in [2.05, 4.69) is 33.9 Å². The van der Waals surface area contributed by atoms with E-state index in [1.807, 2.05) is 32.2 Å². The van der Waals surface area contributed by atoms with Gasteiger partial charge in [0.1, 0.15) is 0 Å². The molecular formula is C19H18Cl2N4S. The van der Waals surface area contributed by atoms with E-state index in [9.17, 15) is 0 Å². The molecule has 3 aromatic rings. The third-order valence-electron chi connectivity index (χ3n) is 3.88. The maximum atomic E-state index is 6.22. The molecule has 0 atom stereocenters. The van der Waals surface area contributed by atoms with Crippen LogP contribution in [0.1, 0.15) is 16.7 Å². The van der Waals surface area contributed by atoms with Crippen LogP contribution in [0.15, 0.2) is 48.8 Å². The first kappa shape index (κ1) is 18.7. The van der Waals surface area contributed by atoms with Crippen LogP contribution in [-0.4, -0.2) is 14.9 Å². The number of halogens is 2. The molecule has 0 fully saturated rings. The summed E-state index contributed by atoms with van der Waals surface area (Å²) >= 11 is 17.5. The van der Waals surface area contributed by atoms with E-state index < -0.39 is 0 Å². The fourth-order valence-corrected chi connectivity index (χ4v) is 3.19. The normalized spacial score (nSPS) is 10.6. The molecule has 0 bridgehead atoms. The molecule has 0 spiro atoms. The van der Waals surface area contributed by atoms with Gasteiger partial charge in [0, 0.05) is 21.9 Å². The third kappa shape index (κ3) is 4.75. The first-order valence-electron chi connectivity index (χ1n) is 8.02. The zero-order valence-corrected chi connectivity index (χ0v) is 16.7. The molecule has 0 saturated heterocycles. The topological polar surface area (TPSA) is 41.9 Å². The molecule has 2 aromatic carbocycles. The van der Waals surface area contributed by atoms with Gasteiger partial charge in [-0.15, -0.1) is 0 Å². The number of thiocarbonyl (C=S) groups is 1. The van der Waals surface area contributed by atoms with Gasteiger partial charge in [-0.25, -0.2) is 0 Å². The zero-order valence-electron chi connectivity index (χ0n) is 14.4. The highest BCUT2D eigenvalue weighted by atomic mass is 35.5. The van der Waals surface area contributed by atoms with Gasteiger partial charge in [0.05, 0.1) is 18.4 Å². The van der Waals surface area contributed by atoms with Crippen molar-refractivity contribution in [1.82, 2.24) is 9.78 Å². The monoisotopic (exact) mass is 404 g/mol. The summed E-state index contributed by atoms with van der Waals surface area (Å²) in [6.45, 7) is 4.64. The maximum absolute atomic E-state index is 6.22. The largest absolute Gasteiger partial charge is 0.332 e. The summed E-state index contributed by atoms with van der Waals surface area (Å²) in [5.41, 5.74) is 5.05. The van der Waals surface area contributed by atoms with Gasteiger partial charge in [0.25, 0.3) is 0 Å². The third-order valence-corrected chi connectivity index (χ3v) is 4.67. The highest BCUT2D eigenvalue weighted by Gasteiger charge is 2.06. The molecule has 0 unspecified atom stereocenters. The van der Waals surface area contributed by atoms with Crippen LogP contribution in [0.5, 0.6) is 0 Å². The standard InChI is InChI=1S/C19H18Cl2N4S/c1-12-3-4-13(2)18(7-12)24-19(26)23-16-9-22-25(11-16)10-14-5-6-15(20)8-17(14)21/h3-9,11H,10H2,1-2H3,(H2,23,24,26). The van der Waals surface area contributed by atoms with Gasteiger partial charge in [0.2, 0.25) is 0 Å². The number of nitrogens with zero attached hydrogens (tertiary/aromatic N) is 2. The van der Waals surface area contributed by atoms with Crippen molar-refractivity contribution >= 4 is 51.9 Å². The first-order chi connectivity index (χ1) is 12.4. The highest BCUT2D eigenvalue weighted by Crippen LogP contribution is 2.22. The van der Waals surface area contributed by atoms with Crippen molar-refractivity contribution in [2.75, 3.05) is 10.6 Å². The van der Waals surface area contributed by atoms with Gasteiger partial charge in [0.15, 0.2) is 5.11 Å². The van der Waals surface area contributed by atoms with Gasteiger partial charge >= 0.3 is 0 Å². The van der Waals surface area contributed by atoms with Gasteiger partial charge in [-0.05, 0) is 61.0 Å². The maximum Gasteiger partial charge on any atom is 0.175 e. The van der Waals surface area contributed by atoms with Crippen molar-refractivity contribution in [2.24, 2.45) is 0 Å². The van der Waals surface area contributed by atoms with E-state index in [0.29, 0.717) is 21.7 Å². The molecule has 1 heterocycles. The van der Waals surface area contributed by atoms with Crippen molar-refractivity contribution in [3.8, 4) is 0 Å². The second-order valence-electron chi connectivity index (χ2n) is 6.06. The Hall–Kier alpha value is -2.08. The number of rotatable bonds is 4. The molecule has 26 heavy (non-hydrogen) atoms. The summed E-state index contributed by atoms with van der Waals surface area (Å²) in [5, 5.41) is 12.5. The molecule has 0 aliphatic heterocycles. The molecule has 3 rings (SSSR count). The van der Waals surface area contributed by atoms with E-state index >= 15 is 0 Å². The van der Waals surface area contributed by atoms with Crippen molar-refractivity contribution in [1.29, 1.82) is 0 Å². The minimum atomic E-state index is 0.516. The Morgan fingerprint density at radius 3 is 2.69 bits per heavy atom. The molecular weight excluding hydrogens is 387 g/mol. The van der Waals surface area contributed by atoms with E-state index in [-0.39, 0.29) is 0 Å². The Morgan fingerprint density at radius 2 is 1.92 bits per heavy atom. The summed E-state index contributed by atoms with van der Waals surface area (Å²) in [6.07, 6.45) is 3.60. The second kappa shape index (κ2) is 8.08. The summed E-state index contributed by atoms with van der Waals surface area (Å²) in [6, 6.07) is 11.6. The number of aryl methyl sites for hydroxylation is 2. The molecule has 7 heteroatoms. The highest BCUT2D eigenvalue weighted by molar-refractivity contribution is 7.80. The van der Waals surface area contributed by atoms with Crippen LogP contribution in [0, 0.1) is 13.8 Å². The number of nitrogens with one attached hydrogen (secondary N) is 2. The Kier molecular flexibility index (Phi) is 5.81. The molecule has 2 N–H and O–H groups in total. The van der Waals surface area contributed by atoms with Crippen LogP contribution in [-0.2, 0) is 6.54 Å². The SMILES string of the molecule is Cc1ccc(C)c(NC(=S)Nc2cnn(Cc3ccc(Cl)cc3Cl)c2)c1. The van der Waals surface area contributed by atoms with Crippen LogP contribution < -0.4 is 10.6 Å². The summed E-state index contributed by atoms with van der Waals surface area (Å²) < 4.78 is 1.79. The summed E-state index contributed by atoms with van der Waals surface area (Å²) in [4.78, 5) is 0. The predicted octanol–water partition coefficient (Wildman–Crippen LogP) is 5.66. The molecule has 1 aromatic heterocycles. The van der Waals surface area contributed by atoms with Gasteiger partial charge in [-0.2, -0.15) is 5.10 Å². The average Bonchev–Trinajstić information content (AvgIpc) is 3.00. The summed E-state index contributed by atoms with van der Waals surface area (Å²) in [5.74, 6) is 0. The van der Waals surface area contributed by atoms with Gasteiger partial charge in [-0.1, -0.05) is 41.4 Å². The average molecular weight is 405 g/mol. The van der Waals surface area contributed by atoms with Crippen molar-refractivity contribution in [3.63, 3.8) is 0 Å². The van der Waals surface area contributed by atoms with Gasteiger partial charge in [-0.3, -0.25) is 4.68 Å². The number of benzene rings is 2.